The van der Waals surface area contributed by atoms with Crippen molar-refractivity contribution >= 4 is 27.3 Å². The molecule has 1 N–H and O–H groups in total. The first-order valence-corrected chi connectivity index (χ1v) is 12.2. The molecule has 2 heterocycles. The van der Waals surface area contributed by atoms with Crippen LogP contribution in [0, 0.1) is 11.7 Å². The highest BCUT2D eigenvalue weighted by molar-refractivity contribution is 7.88. The number of hydrogen-bond acceptors (Lipinski definition) is 4. The molecule has 3 unspecified atom stereocenters. The molecule has 5 nitrogen and oxygen atoms in total. The Hall–Kier alpha value is -1.77. The Morgan fingerprint density at radius 1 is 1.25 bits per heavy atom. The second kappa shape index (κ2) is 7.57. The average molecular weight is 423 g/mol. The van der Waals surface area contributed by atoms with E-state index < -0.39 is 10.0 Å². The summed E-state index contributed by atoms with van der Waals surface area (Å²) in [6.45, 7) is 1.08. The minimum Gasteiger partial charge on any atom is -0.341 e. The third kappa shape index (κ3) is 4.14. The first-order chi connectivity index (χ1) is 13.3. The molecular formula is C20H23FN2O3S2. The summed E-state index contributed by atoms with van der Waals surface area (Å²) in [4.78, 5) is 15.8. The number of thiophene rings is 1. The summed E-state index contributed by atoms with van der Waals surface area (Å²) in [7, 11) is -3.29. The Morgan fingerprint density at radius 3 is 2.79 bits per heavy atom. The Kier molecular flexibility index (Phi) is 5.28. The van der Waals surface area contributed by atoms with Crippen LogP contribution >= 0.6 is 11.3 Å². The van der Waals surface area contributed by atoms with E-state index in [1.165, 1.54) is 6.07 Å². The number of amides is 1. The number of halogens is 1. The first-order valence-electron chi connectivity index (χ1n) is 9.42. The van der Waals surface area contributed by atoms with Gasteiger partial charge in [0.15, 0.2) is 0 Å². The van der Waals surface area contributed by atoms with Crippen molar-refractivity contribution in [3.05, 3.63) is 46.4 Å². The fraction of sp³-hybridized carbons (Fsp3) is 0.450. The Bertz CT molecular complexity index is 989. The molecule has 4 rings (SSSR count). The van der Waals surface area contributed by atoms with Gasteiger partial charge in [-0.05, 0) is 42.3 Å². The normalized spacial score (nSPS) is 24.9. The summed E-state index contributed by atoms with van der Waals surface area (Å²) < 4.78 is 39.8. The monoisotopic (exact) mass is 422 g/mol. The van der Waals surface area contributed by atoms with Crippen molar-refractivity contribution in [1.29, 1.82) is 0 Å². The molecular weight excluding hydrogens is 399 g/mol. The highest BCUT2D eigenvalue weighted by Crippen LogP contribution is 2.53. The molecule has 1 aromatic carbocycles. The van der Waals surface area contributed by atoms with E-state index in [9.17, 15) is 17.6 Å². The van der Waals surface area contributed by atoms with Crippen LogP contribution in [0.15, 0.2) is 35.7 Å². The summed E-state index contributed by atoms with van der Waals surface area (Å²) in [5, 5.41) is 1.95. The number of hydrogen-bond donors (Lipinski definition) is 1. The number of likely N-dealkylation sites (tertiary alicyclic amines) is 1. The lowest BCUT2D eigenvalue weighted by Crippen LogP contribution is -2.49. The van der Waals surface area contributed by atoms with Gasteiger partial charge in [-0.2, -0.15) is 0 Å². The van der Waals surface area contributed by atoms with Crippen molar-refractivity contribution in [2.45, 2.75) is 31.2 Å². The van der Waals surface area contributed by atoms with Crippen molar-refractivity contribution in [3.63, 3.8) is 0 Å². The van der Waals surface area contributed by atoms with Crippen LogP contribution in [0.5, 0.6) is 0 Å². The van der Waals surface area contributed by atoms with Gasteiger partial charge in [0.1, 0.15) is 5.82 Å². The van der Waals surface area contributed by atoms with Crippen molar-refractivity contribution in [3.8, 4) is 11.1 Å². The molecule has 0 spiro atoms. The lowest BCUT2D eigenvalue weighted by atomic mass is 10.0. The number of carbonyl (C=O) groups excluding carboxylic acids is 1. The minimum atomic E-state index is -3.29. The van der Waals surface area contributed by atoms with Crippen LogP contribution in [0.1, 0.15) is 30.1 Å². The zero-order chi connectivity index (χ0) is 19.9. The molecule has 1 aliphatic heterocycles. The molecule has 1 aromatic heterocycles. The number of rotatable bonds is 5. The summed E-state index contributed by atoms with van der Waals surface area (Å²) in [6, 6.07) is 8.41. The molecule has 0 radical (unpaired) electrons. The quantitative estimate of drug-likeness (QED) is 0.805. The van der Waals surface area contributed by atoms with Crippen LogP contribution in [-0.2, 0) is 14.8 Å². The highest BCUT2D eigenvalue weighted by atomic mass is 32.2. The largest absolute Gasteiger partial charge is 0.341 e. The van der Waals surface area contributed by atoms with E-state index in [1.54, 1.807) is 28.4 Å². The predicted octanol–water partition coefficient (Wildman–Crippen LogP) is 3.20. The third-order valence-electron chi connectivity index (χ3n) is 5.42. The predicted molar refractivity (Wildman–Crippen MR) is 108 cm³/mol. The zero-order valence-corrected chi connectivity index (χ0v) is 17.2. The molecule has 2 fully saturated rings. The summed E-state index contributed by atoms with van der Waals surface area (Å²) in [5.74, 6) is -0.152. The van der Waals surface area contributed by atoms with Crippen molar-refractivity contribution in [2.75, 3.05) is 19.3 Å². The fourth-order valence-corrected chi connectivity index (χ4v) is 5.97. The Balaban J connectivity index is 1.46. The molecule has 3 atom stereocenters. The highest BCUT2D eigenvalue weighted by Gasteiger charge is 2.48. The number of nitrogens with one attached hydrogen (secondary N) is 1. The molecule has 150 valence electrons. The first kappa shape index (κ1) is 19.5. The maximum atomic E-state index is 14.2. The SMILES string of the molecule is CS(=O)(=O)NC1CCCN(C(=O)C2CC2c2sccc2-c2ccccc2F)C1. The summed E-state index contributed by atoms with van der Waals surface area (Å²) >= 11 is 1.57. The maximum Gasteiger partial charge on any atom is 0.226 e. The number of carbonyl (C=O) groups is 1. The molecule has 1 aliphatic carbocycles. The molecule has 1 saturated heterocycles. The lowest BCUT2D eigenvalue weighted by molar-refractivity contribution is -0.133. The number of piperidine rings is 1. The zero-order valence-electron chi connectivity index (χ0n) is 15.6. The van der Waals surface area contributed by atoms with E-state index in [-0.39, 0.29) is 29.6 Å². The van der Waals surface area contributed by atoms with Gasteiger partial charge >= 0.3 is 0 Å². The maximum absolute atomic E-state index is 14.2. The van der Waals surface area contributed by atoms with Gasteiger partial charge in [-0.15, -0.1) is 11.3 Å². The number of sulfonamides is 1. The van der Waals surface area contributed by atoms with E-state index in [2.05, 4.69) is 4.72 Å². The average Bonchev–Trinajstić information content (AvgIpc) is 3.29. The van der Waals surface area contributed by atoms with Gasteiger partial charge in [0.25, 0.3) is 0 Å². The molecule has 0 bridgehead atoms. The molecule has 2 aromatic rings. The second-order valence-electron chi connectivity index (χ2n) is 7.64. The summed E-state index contributed by atoms with van der Waals surface area (Å²) in [5.41, 5.74) is 1.45. The number of benzene rings is 1. The molecule has 1 saturated carbocycles. The van der Waals surface area contributed by atoms with Crippen molar-refractivity contribution < 1.29 is 17.6 Å². The molecule has 2 aliphatic rings. The second-order valence-corrected chi connectivity index (χ2v) is 10.4. The fourth-order valence-electron chi connectivity index (χ4n) is 4.08. The van der Waals surface area contributed by atoms with Gasteiger partial charge in [-0.3, -0.25) is 4.79 Å². The molecule has 28 heavy (non-hydrogen) atoms. The van der Waals surface area contributed by atoms with Crippen molar-refractivity contribution in [2.24, 2.45) is 5.92 Å². The van der Waals surface area contributed by atoms with E-state index in [0.717, 1.165) is 36.0 Å². The van der Waals surface area contributed by atoms with Crippen LogP contribution < -0.4 is 4.72 Å². The van der Waals surface area contributed by atoms with Gasteiger partial charge in [0.05, 0.1) is 6.26 Å². The minimum absolute atomic E-state index is 0.0814. The van der Waals surface area contributed by atoms with E-state index in [0.29, 0.717) is 18.7 Å². The van der Waals surface area contributed by atoms with E-state index in [1.807, 2.05) is 17.5 Å². The third-order valence-corrected chi connectivity index (χ3v) is 7.23. The number of nitrogens with zero attached hydrogens (tertiary/aromatic N) is 1. The Morgan fingerprint density at radius 2 is 2.04 bits per heavy atom. The van der Waals surface area contributed by atoms with Gasteiger partial charge in [0.2, 0.25) is 15.9 Å². The smallest absolute Gasteiger partial charge is 0.226 e. The topological polar surface area (TPSA) is 66.5 Å². The standard InChI is InChI=1S/C20H23FN2O3S2/c1-28(25,26)22-13-5-4-9-23(12-13)20(24)17-11-16(17)19-15(8-10-27-19)14-6-2-3-7-18(14)21/h2-3,6-8,10,13,16-17,22H,4-5,9,11-12H2,1H3. The van der Waals surface area contributed by atoms with Crippen LogP contribution in [0.4, 0.5) is 4.39 Å². The van der Waals surface area contributed by atoms with Gasteiger partial charge < -0.3 is 4.90 Å². The molecule has 1 amide bonds. The van der Waals surface area contributed by atoms with E-state index in [4.69, 9.17) is 0 Å². The van der Waals surface area contributed by atoms with Gasteiger partial charge in [-0.25, -0.2) is 17.5 Å². The summed E-state index contributed by atoms with van der Waals surface area (Å²) in [6.07, 6.45) is 3.44. The van der Waals surface area contributed by atoms with E-state index >= 15 is 0 Å². The van der Waals surface area contributed by atoms with Gasteiger partial charge in [0, 0.05) is 41.4 Å². The Labute approximate surface area is 168 Å². The van der Waals surface area contributed by atoms with Crippen molar-refractivity contribution in [1.82, 2.24) is 9.62 Å². The van der Waals surface area contributed by atoms with Crippen LogP contribution in [0.25, 0.3) is 11.1 Å². The van der Waals surface area contributed by atoms with Crippen LogP contribution in [-0.4, -0.2) is 44.6 Å². The lowest BCUT2D eigenvalue weighted by Gasteiger charge is -2.33. The molecule has 8 heteroatoms. The van der Waals surface area contributed by atoms with Gasteiger partial charge in [-0.1, -0.05) is 18.2 Å². The van der Waals surface area contributed by atoms with Crippen LogP contribution in [0.3, 0.4) is 0 Å². The van der Waals surface area contributed by atoms with Crippen LogP contribution in [0.2, 0.25) is 0 Å².